The number of hydrogen-bond acceptors (Lipinski definition) is 3. The molecule has 0 atom stereocenters. The summed E-state index contributed by atoms with van der Waals surface area (Å²) < 4.78 is 2.12. The summed E-state index contributed by atoms with van der Waals surface area (Å²) in [6.45, 7) is 5.98. The number of aryl methyl sites for hydroxylation is 2. The molecule has 1 amide bonds. The van der Waals surface area contributed by atoms with E-state index in [-0.39, 0.29) is 5.57 Å². The molecule has 0 saturated heterocycles. The van der Waals surface area contributed by atoms with Crippen molar-refractivity contribution >= 4 is 28.6 Å². The minimum atomic E-state index is -0.423. The Morgan fingerprint density at radius 2 is 1.84 bits per heavy atom. The van der Waals surface area contributed by atoms with Crippen LogP contribution in [0.5, 0.6) is 0 Å². The van der Waals surface area contributed by atoms with Crippen LogP contribution in [0.15, 0.2) is 72.4 Å². The Morgan fingerprint density at radius 3 is 2.58 bits per heavy atom. The molecule has 4 rings (SSSR count). The zero-order valence-corrected chi connectivity index (χ0v) is 17.7. The van der Waals surface area contributed by atoms with Crippen LogP contribution in [0, 0.1) is 32.1 Å². The molecular weight excluding hydrogens is 384 g/mol. The lowest BCUT2D eigenvalue weighted by Gasteiger charge is -2.11. The number of benzene rings is 2. The van der Waals surface area contributed by atoms with E-state index in [1.165, 1.54) is 0 Å². The van der Waals surface area contributed by atoms with Crippen LogP contribution in [0.4, 0.5) is 5.69 Å². The van der Waals surface area contributed by atoms with Crippen molar-refractivity contribution in [2.45, 2.75) is 20.8 Å². The fourth-order valence-electron chi connectivity index (χ4n) is 3.67. The van der Waals surface area contributed by atoms with Crippen molar-refractivity contribution in [3.05, 3.63) is 94.9 Å². The van der Waals surface area contributed by atoms with Gasteiger partial charge in [-0.2, -0.15) is 5.26 Å². The molecule has 0 unspecified atom stereocenters. The molecule has 0 fully saturated rings. The minimum Gasteiger partial charge on any atom is -0.321 e. The first-order valence-electron chi connectivity index (χ1n) is 10.00. The molecule has 2 aromatic carbocycles. The van der Waals surface area contributed by atoms with Gasteiger partial charge in [-0.25, -0.2) is 0 Å². The highest BCUT2D eigenvalue weighted by atomic mass is 16.1. The molecule has 0 aliphatic carbocycles. The normalized spacial score (nSPS) is 11.4. The lowest BCUT2D eigenvalue weighted by molar-refractivity contribution is -0.112. The molecule has 152 valence electrons. The Hall–Kier alpha value is -4.17. The quantitative estimate of drug-likeness (QED) is 0.359. The standard InChI is InChI=1S/C26H22N4O/c1-17-6-8-23(9-7-17)29-26(31)22(16-27)14-21-13-18(2)30(19(21)3)24-10-11-25-20(15-24)5-4-12-28-25/h4-15H,1-3H3,(H,29,31)/b22-14-. The van der Waals surface area contributed by atoms with Gasteiger partial charge in [0.25, 0.3) is 5.91 Å². The maximum atomic E-state index is 12.6. The van der Waals surface area contributed by atoms with E-state index in [9.17, 15) is 10.1 Å². The van der Waals surface area contributed by atoms with Crippen LogP contribution in [0.1, 0.15) is 22.5 Å². The predicted molar refractivity (Wildman–Crippen MR) is 124 cm³/mol. The molecule has 2 aromatic heterocycles. The second kappa shape index (κ2) is 8.29. The number of aromatic nitrogens is 2. The zero-order chi connectivity index (χ0) is 22.0. The molecule has 0 aliphatic heterocycles. The molecule has 2 heterocycles. The Bertz CT molecular complexity index is 1350. The van der Waals surface area contributed by atoms with Gasteiger partial charge in [0.15, 0.2) is 0 Å². The van der Waals surface area contributed by atoms with Crippen LogP contribution in [0.25, 0.3) is 22.7 Å². The third-order valence-corrected chi connectivity index (χ3v) is 5.29. The second-order valence-electron chi connectivity index (χ2n) is 7.53. The number of amides is 1. The van der Waals surface area contributed by atoms with Gasteiger partial charge in [-0.3, -0.25) is 9.78 Å². The first-order chi connectivity index (χ1) is 15.0. The highest BCUT2D eigenvalue weighted by molar-refractivity contribution is 6.09. The van der Waals surface area contributed by atoms with Crippen LogP contribution < -0.4 is 5.32 Å². The first-order valence-corrected chi connectivity index (χ1v) is 10.00. The van der Waals surface area contributed by atoms with E-state index in [0.29, 0.717) is 5.69 Å². The van der Waals surface area contributed by atoms with Gasteiger partial charge in [0.05, 0.1) is 5.52 Å². The number of nitrogens with one attached hydrogen (secondary N) is 1. The average Bonchev–Trinajstić information content (AvgIpc) is 3.06. The second-order valence-corrected chi connectivity index (χ2v) is 7.53. The van der Waals surface area contributed by atoms with Crippen LogP contribution in [-0.2, 0) is 4.79 Å². The molecule has 5 nitrogen and oxygen atoms in total. The van der Waals surface area contributed by atoms with Crippen LogP contribution >= 0.6 is 0 Å². The van der Waals surface area contributed by atoms with Gasteiger partial charge in [-0.1, -0.05) is 23.8 Å². The van der Waals surface area contributed by atoms with Crippen molar-refractivity contribution in [2.24, 2.45) is 0 Å². The predicted octanol–water partition coefficient (Wildman–Crippen LogP) is 5.50. The molecule has 4 aromatic rings. The van der Waals surface area contributed by atoms with Gasteiger partial charge in [0.1, 0.15) is 11.6 Å². The molecule has 0 spiro atoms. The summed E-state index contributed by atoms with van der Waals surface area (Å²) >= 11 is 0. The number of pyridine rings is 1. The van der Waals surface area contributed by atoms with E-state index in [1.807, 2.05) is 81.4 Å². The topological polar surface area (TPSA) is 70.7 Å². The monoisotopic (exact) mass is 406 g/mol. The fourth-order valence-corrected chi connectivity index (χ4v) is 3.67. The van der Waals surface area contributed by atoms with E-state index in [0.717, 1.165) is 39.1 Å². The van der Waals surface area contributed by atoms with Gasteiger partial charge < -0.3 is 9.88 Å². The van der Waals surface area contributed by atoms with E-state index in [1.54, 1.807) is 12.3 Å². The summed E-state index contributed by atoms with van der Waals surface area (Å²) in [7, 11) is 0. The van der Waals surface area contributed by atoms with E-state index < -0.39 is 5.91 Å². The van der Waals surface area contributed by atoms with Crippen LogP contribution in [0.2, 0.25) is 0 Å². The summed E-state index contributed by atoms with van der Waals surface area (Å²) in [6.07, 6.45) is 3.42. The number of hydrogen-bond donors (Lipinski definition) is 1. The maximum absolute atomic E-state index is 12.6. The summed E-state index contributed by atoms with van der Waals surface area (Å²) in [5.41, 5.74) is 6.58. The molecule has 1 N–H and O–H groups in total. The zero-order valence-electron chi connectivity index (χ0n) is 17.7. The smallest absolute Gasteiger partial charge is 0.266 e. The molecule has 0 radical (unpaired) electrons. The first kappa shape index (κ1) is 20.1. The molecule has 0 saturated carbocycles. The van der Waals surface area contributed by atoms with Crippen molar-refractivity contribution < 1.29 is 4.79 Å². The molecule has 0 aliphatic rings. The third kappa shape index (κ3) is 4.10. The lowest BCUT2D eigenvalue weighted by atomic mass is 10.1. The van der Waals surface area contributed by atoms with Crippen LogP contribution in [0.3, 0.4) is 0 Å². The minimum absolute atomic E-state index is 0.0588. The van der Waals surface area contributed by atoms with Gasteiger partial charge in [-0.15, -0.1) is 0 Å². The van der Waals surface area contributed by atoms with Gasteiger partial charge in [0, 0.05) is 34.3 Å². The van der Waals surface area contributed by atoms with Gasteiger partial charge >= 0.3 is 0 Å². The number of anilines is 1. The van der Waals surface area contributed by atoms with Crippen molar-refractivity contribution in [3.8, 4) is 11.8 Å². The summed E-state index contributed by atoms with van der Waals surface area (Å²) in [5.74, 6) is -0.423. The fraction of sp³-hybridized carbons (Fsp3) is 0.115. The van der Waals surface area contributed by atoms with Gasteiger partial charge in [0.2, 0.25) is 0 Å². The van der Waals surface area contributed by atoms with Crippen LogP contribution in [-0.4, -0.2) is 15.5 Å². The summed E-state index contributed by atoms with van der Waals surface area (Å²) in [5, 5.41) is 13.4. The SMILES string of the molecule is Cc1ccc(NC(=O)/C(C#N)=C\c2cc(C)n(-c3ccc4ncccc4c3)c2C)cc1. The number of fused-ring (bicyclic) bond motifs is 1. The summed E-state index contributed by atoms with van der Waals surface area (Å²) in [6, 6.07) is 21.6. The van der Waals surface area contributed by atoms with E-state index in [4.69, 9.17) is 0 Å². The average molecular weight is 406 g/mol. The van der Waals surface area contributed by atoms with Crippen molar-refractivity contribution in [3.63, 3.8) is 0 Å². The summed E-state index contributed by atoms with van der Waals surface area (Å²) in [4.78, 5) is 17.0. The number of carbonyl (C=O) groups is 1. The highest BCUT2D eigenvalue weighted by Crippen LogP contribution is 2.25. The molecule has 0 bridgehead atoms. The number of rotatable bonds is 4. The molecule has 5 heteroatoms. The van der Waals surface area contributed by atoms with E-state index in [2.05, 4.69) is 20.9 Å². The van der Waals surface area contributed by atoms with Crippen molar-refractivity contribution in [2.75, 3.05) is 5.32 Å². The number of carbonyl (C=O) groups excluding carboxylic acids is 1. The highest BCUT2D eigenvalue weighted by Gasteiger charge is 2.14. The Balaban J connectivity index is 1.67. The molecular formula is C26H22N4O. The lowest BCUT2D eigenvalue weighted by Crippen LogP contribution is -2.13. The Labute approximate surface area is 181 Å². The Morgan fingerprint density at radius 1 is 1.06 bits per heavy atom. The van der Waals surface area contributed by atoms with E-state index >= 15 is 0 Å². The van der Waals surface area contributed by atoms with Crippen molar-refractivity contribution in [1.82, 2.24) is 9.55 Å². The Kier molecular flexibility index (Phi) is 5.38. The third-order valence-electron chi connectivity index (χ3n) is 5.29. The van der Waals surface area contributed by atoms with Crippen molar-refractivity contribution in [1.29, 1.82) is 5.26 Å². The number of nitriles is 1. The molecule has 31 heavy (non-hydrogen) atoms. The largest absolute Gasteiger partial charge is 0.321 e. The number of nitrogens with zero attached hydrogens (tertiary/aromatic N) is 3. The van der Waals surface area contributed by atoms with Gasteiger partial charge in [-0.05, 0) is 74.9 Å². The maximum Gasteiger partial charge on any atom is 0.266 e.